The van der Waals surface area contributed by atoms with Crippen LogP contribution in [0.5, 0.6) is 11.5 Å². The average molecular weight is 511 g/mol. The molecule has 0 saturated carbocycles. The fourth-order valence-electron chi connectivity index (χ4n) is 4.73. The van der Waals surface area contributed by atoms with Crippen molar-refractivity contribution in [2.24, 2.45) is 0 Å². The molecule has 0 bridgehead atoms. The van der Waals surface area contributed by atoms with Gasteiger partial charge in [0.15, 0.2) is 6.19 Å². The molecule has 0 spiro atoms. The van der Waals surface area contributed by atoms with Gasteiger partial charge < -0.3 is 20.3 Å². The second kappa shape index (κ2) is 9.44. The van der Waals surface area contributed by atoms with E-state index in [9.17, 15) is 14.9 Å². The Kier molecular flexibility index (Phi) is 5.82. The maximum absolute atomic E-state index is 13.3. The molecule has 1 unspecified atom stereocenters. The highest BCUT2D eigenvalue weighted by Crippen LogP contribution is 2.45. The summed E-state index contributed by atoms with van der Waals surface area (Å²) in [6, 6.07) is 18.0. The molecule has 37 heavy (non-hydrogen) atoms. The highest BCUT2D eigenvalue weighted by atomic mass is 32.1. The van der Waals surface area contributed by atoms with Gasteiger partial charge in [-0.15, -0.1) is 11.3 Å². The van der Waals surface area contributed by atoms with E-state index in [1.165, 1.54) is 11.3 Å². The molecule has 0 aliphatic carbocycles. The van der Waals surface area contributed by atoms with Crippen molar-refractivity contribution >= 4 is 50.6 Å². The molecule has 2 aliphatic heterocycles. The average Bonchev–Trinajstić information content (AvgIpc) is 3.30. The third-order valence-electron chi connectivity index (χ3n) is 6.42. The molecule has 2 aromatic carbocycles. The molecule has 3 amide bonds. The number of thiophene rings is 1. The van der Waals surface area contributed by atoms with Gasteiger partial charge in [0.1, 0.15) is 21.2 Å². The van der Waals surface area contributed by atoms with Crippen LogP contribution in [0.15, 0.2) is 66.9 Å². The minimum Gasteiger partial charge on any atom is -0.457 e. The topological polar surface area (TPSA) is 111 Å². The summed E-state index contributed by atoms with van der Waals surface area (Å²) in [6.07, 6.45) is 5.44. The normalized spacial score (nSPS) is 16.7. The summed E-state index contributed by atoms with van der Waals surface area (Å²) < 4.78 is 5.87. The number of nitrogens with zero attached hydrogens (tertiary/aromatic N) is 4. The minimum absolute atomic E-state index is 0.127. The monoisotopic (exact) mass is 510 g/mol. The van der Waals surface area contributed by atoms with E-state index in [0.29, 0.717) is 45.6 Å². The van der Waals surface area contributed by atoms with Gasteiger partial charge in [-0.3, -0.25) is 9.69 Å². The summed E-state index contributed by atoms with van der Waals surface area (Å²) >= 11 is 1.25. The van der Waals surface area contributed by atoms with Gasteiger partial charge in [0.2, 0.25) is 0 Å². The van der Waals surface area contributed by atoms with E-state index in [1.807, 2.05) is 54.6 Å². The lowest BCUT2D eigenvalue weighted by Crippen LogP contribution is -2.46. The van der Waals surface area contributed by atoms with Crippen LogP contribution in [-0.2, 0) is 0 Å². The van der Waals surface area contributed by atoms with Crippen molar-refractivity contribution in [3.63, 3.8) is 0 Å². The maximum Gasteiger partial charge on any atom is 0.331 e. The Morgan fingerprint density at radius 2 is 1.92 bits per heavy atom. The van der Waals surface area contributed by atoms with Gasteiger partial charge in [-0.2, -0.15) is 5.26 Å². The molecule has 1 saturated heterocycles. The Hall–Kier alpha value is -4.62. The number of piperidine rings is 1. The van der Waals surface area contributed by atoms with Crippen LogP contribution in [0.25, 0.3) is 10.2 Å². The Bertz CT molecular complexity index is 1530. The predicted octanol–water partition coefficient (Wildman–Crippen LogP) is 5.45. The quantitative estimate of drug-likeness (QED) is 0.346. The number of carbonyl (C=O) groups is 2. The first kappa shape index (κ1) is 22.8. The van der Waals surface area contributed by atoms with Crippen LogP contribution in [0.1, 0.15) is 22.5 Å². The van der Waals surface area contributed by atoms with Crippen molar-refractivity contribution in [3.05, 3.63) is 71.7 Å². The highest BCUT2D eigenvalue weighted by Gasteiger charge is 2.33. The number of carbonyl (C=O) groups excluding carboxylic acids is 2. The van der Waals surface area contributed by atoms with Crippen LogP contribution in [-0.4, -0.2) is 41.0 Å². The first-order valence-electron chi connectivity index (χ1n) is 11.9. The molecule has 4 heterocycles. The van der Waals surface area contributed by atoms with E-state index in [0.717, 1.165) is 24.0 Å². The van der Waals surface area contributed by atoms with E-state index in [2.05, 4.69) is 21.8 Å². The summed E-state index contributed by atoms with van der Waals surface area (Å²) in [7, 11) is 0. The van der Waals surface area contributed by atoms with Gasteiger partial charge in [-0.25, -0.2) is 9.78 Å². The third kappa shape index (κ3) is 4.30. The summed E-state index contributed by atoms with van der Waals surface area (Å²) in [5.41, 5.74) is 1.79. The van der Waals surface area contributed by atoms with E-state index in [-0.39, 0.29) is 18.0 Å². The molecule has 6 rings (SSSR count). The Morgan fingerprint density at radius 1 is 1.14 bits per heavy atom. The lowest BCUT2D eigenvalue weighted by Gasteiger charge is -2.30. The number of benzene rings is 2. The number of likely N-dealkylation sites (tertiary alicyclic amines) is 1. The number of nitriles is 1. The number of rotatable bonds is 5. The Balaban J connectivity index is 1.29. The van der Waals surface area contributed by atoms with Crippen LogP contribution >= 0.6 is 11.3 Å². The fourth-order valence-corrected chi connectivity index (χ4v) is 5.75. The lowest BCUT2D eigenvalue weighted by molar-refractivity contribution is 0.0923. The van der Waals surface area contributed by atoms with Crippen molar-refractivity contribution in [1.82, 2.24) is 15.2 Å². The van der Waals surface area contributed by atoms with Gasteiger partial charge in [0.05, 0.1) is 22.4 Å². The zero-order valence-electron chi connectivity index (χ0n) is 19.7. The molecule has 1 fully saturated rings. The molecule has 2 aromatic heterocycles. The van der Waals surface area contributed by atoms with Gasteiger partial charge >= 0.3 is 6.03 Å². The number of hydrogen-bond donors (Lipinski definition) is 2. The van der Waals surface area contributed by atoms with Gasteiger partial charge in [-0.1, -0.05) is 18.2 Å². The van der Waals surface area contributed by atoms with Crippen molar-refractivity contribution in [1.29, 1.82) is 5.26 Å². The minimum atomic E-state index is -0.363. The molecular weight excluding hydrogens is 488 g/mol. The van der Waals surface area contributed by atoms with Gasteiger partial charge in [0.25, 0.3) is 5.91 Å². The van der Waals surface area contributed by atoms with E-state index < -0.39 is 0 Å². The SMILES string of the molecule is N#CN1CCCC(NC(=O)c2sc3nccc4c3c2NC(=O)N4c2ccc(Oc3ccccc3)cc2)C1. The van der Waals surface area contributed by atoms with Crippen LogP contribution in [0.3, 0.4) is 0 Å². The first-order valence-corrected chi connectivity index (χ1v) is 12.7. The van der Waals surface area contributed by atoms with Crippen LogP contribution < -0.4 is 20.3 Å². The number of anilines is 3. The van der Waals surface area contributed by atoms with Crippen LogP contribution in [0, 0.1) is 11.5 Å². The Labute approximate surface area is 216 Å². The van der Waals surface area contributed by atoms with Crippen molar-refractivity contribution in [3.8, 4) is 17.7 Å². The molecule has 184 valence electrons. The summed E-state index contributed by atoms with van der Waals surface area (Å²) in [4.78, 5) is 35.3. The van der Waals surface area contributed by atoms with E-state index in [4.69, 9.17) is 4.74 Å². The van der Waals surface area contributed by atoms with Crippen molar-refractivity contribution in [2.45, 2.75) is 18.9 Å². The second-order valence-electron chi connectivity index (χ2n) is 8.85. The zero-order valence-corrected chi connectivity index (χ0v) is 20.5. The number of hydrogen-bond acceptors (Lipinski definition) is 7. The Morgan fingerprint density at radius 3 is 2.70 bits per heavy atom. The smallest absolute Gasteiger partial charge is 0.331 e. The lowest BCUT2D eigenvalue weighted by atomic mass is 10.1. The van der Waals surface area contributed by atoms with Crippen LogP contribution in [0.4, 0.5) is 21.9 Å². The molecule has 4 aromatic rings. The van der Waals surface area contributed by atoms with Gasteiger partial charge in [0, 0.05) is 25.3 Å². The highest BCUT2D eigenvalue weighted by molar-refractivity contribution is 7.21. The molecule has 9 nitrogen and oxygen atoms in total. The number of urea groups is 1. The number of amides is 3. The predicted molar refractivity (Wildman–Crippen MR) is 141 cm³/mol. The first-order chi connectivity index (χ1) is 18.1. The summed E-state index contributed by atoms with van der Waals surface area (Å²) in [5, 5.41) is 15.9. The maximum atomic E-state index is 13.3. The largest absolute Gasteiger partial charge is 0.457 e. The summed E-state index contributed by atoms with van der Waals surface area (Å²) in [6.45, 7) is 1.19. The number of para-hydroxylation sites is 1. The standard InChI is InChI=1S/C27H22N6O3S/c28-16-32-14-4-5-17(15-32)30-25(34)24-23-22-21(12-13-29-26(22)37-24)33(27(35)31-23)18-8-10-20(11-9-18)36-19-6-2-1-3-7-19/h1-3,6-13,17H,4-5,14-15H2,(H,30,34)(H,31,35). The van der Waals surface area contributed by atoms with Crippen LogP contribution in [0.2, 0.25) is 0 Å². The number of ether oxygens (including phenoxy) is 1. The molecule has 10 heteroatoms. The molecule has 1 atom stereocenters. The molecule has 2 N–H and O–H groups in total. The van der Waals surface area contributed by atoms with Crippen molar-refractivity contribution in [2.75, 3.05) is 23.3 Å². The second-order valence-corrected chi connectivity index (χ2v) is 9.85. The molecule has 2 aliphatic rings. The number of nitrogens with one attached hydrogen (secondary N) is 2. The number of aromatic nitrogens is 1. The third-order valence-corrected chi connectivity index (χ3v) is 7.52. The number of pyridine rings is 1. The molecular formula is C27H22N6O3S. The summed E-state index contributed by atoms with van der Waals surface area (Å²) in [5.74, 6) is 1.11. The van der Waals surface area contributed by atoms with E-state index >= 15 is 0 Å². The fraction of sp³-hybridized carbons (Fsp3) is 0.185. The molecule has 0 radical (unpaired) electrons. The van der Waals surface area contributed by atoms with E-state index in [1.54, 1.807) is 22.1 Å². The van der Waals surface area contributed by atoms with Crippen molar-refractivity contribution < 1.29 is 14.3 Å². The zero-order chi connectivity index (χ0) is 25.4. The van der Waals surface area contributed by atoms with Gasteiger partial charge in [-0.05, 0) is 55.3 Å².